The average Bonchev–Trinajstić information content (AvgIpc) is 2.80. The Balaban J connectivity index is 2.06. The molecule has 0 saturated heterocycles. The maximum atomic E-state index is 13.6. The van der Waals surface area contributed by atoms with E-state index in [1.165, 1.54) is 6.07 Å². The van der Waals surface area contributed by atoms with E-state index in [1.807, 2.05) is 6.92 Å². The van der Waals surface area contributed by atoms with Crippen molar-refractivity contribution in [2.24, 2.45) is 5.41 Å². The van der Waals surface area contributed by atoms with Gasteiger partial charge in [0.2, 0.25) is 0 Å². The Labute approximate surface area is 129 Å². The Morgan fingerprint density at radius 2 is 2.24 bits per heavy atom. The van der Waals surface area contributed by atoms with E-state index in [9.17, 15) is 4.39 Å². The lowest BCUT2D eigenvalue weighted by atomic mass is 9.64. The van der Waals surface area contributed by atoms with Gasteiger partial charge in [-0.05, 0) is 31.5 Å². The lowest BCUT2D eigenvalue weighted by Crippen LogP contribution is -2.51. The quantitative estimate of drug-likeness (QED) is 0.788. The van der Waals surface area contributed by atoms with Crippen LogP contribution >= 0.6 is 11.6 Å². The standard InChI is InChI=1S/C16H20ClFN2O/c1-4-21-14-8-13(16(14,2)3)20-12-7-10(18)5-6-11(12)19-15(20)9-17/h5-7,13-14H,4,8-9H2,1-3H3. The van der Waals surface area contributed by atoms with Gasteiger partial charge in [0.05, 0.1) is 23.0 Å². The summed E-state index contributed by atoms with van der Waals surface area (Å²) in [7, 11) is 0. The predicted octanol–water partition coefficient (Wildman–Crippen LogP) is 4.29. The normalized spacial score (nSPS) is 24.2. The van der Waals surface area contributed by atoms with Crippen molar-refractivity contribution in [3.05, 3.63) is 29.8 Å². The molecule has 1 aromatic carbocycles. The molecule has 1 saturated carbocycles. The molecule has 1 aromatic heterocycles. The molecule has 1 aliphatic rings. The van der Waals surface area contributed by atoms with Gasteiger partial charge in [-0.2, -0.15) is 0 Å². The Bertz CT molecular complexity index is 668. The lowest BCUT2D eigenvalue weighted by molar-refractivity contribution is -0.127. The first-order chi connectivity index (χ1) is 9.98. The second kappa shape index (κ2) is 5.25. The van der Waals surface area contributed by atoms with Crippen LogP contribution in [-0.2, 0) is 10.6 Å². The Hall–Kier alpha value is -1.13. The minimum Gasteiger partial charge on any atom is -0.378 e. The van der Waals surface area contributed by atoms with Gasteiger partial charge < -0.3 is 9.30 Å². The summed E-state index contributed by atoms with van der Waals surface area (Å²) in [6.45, 7) is 7.09. The summed E-state index contributed by atoms with van der Waals surface area (Å²) in [5.74, 6) is 0.871. The van der Waals surface area contributed by atoms with Crippen molar-refractivity contribution < 1.29 is 9.13 Å². The van der Waals surface area contributed by atoms with Gasteiger partial charge in [0.15, 0.2) is 0 Å². The molecule has 21 heavy (non-hydrogen) atoms. The highest BCUT2D eigenvalue weighted by Crippen LogP contribution is 2.52. The molecule has 1 heterocycles. The maximum absolute atomic E-state index is 13.6. The van der Waals surface area contributed by atoms with Crippen molar-refractivity contribution in [3.63, 3.8) is 0 Å². The molecule has 1 aliphatic carbocycles. The lowest BCUT2D eigenvalue weighted by Gasteiger charge is -2.52. The van der Waals surface area contributed by atoms with Crippen molar-refractivity contribution in [2.45, 2.75) is 45.2 Å². The molecule has 0 spiro atoms. The van der Waals surface area contributed by atoms with Gasteiger partial charge in [-0.3, -0.25) is 0 Å². The summed E-state index contributed by atoms with van der Waals surface area (Å²) < 4.78 is 21.5. The van der Waals surface area contributed by atoms with Crippen LogP contribution in [0, 0.1) is 11.2 Å². The van der Waals surface area contributed by atoms with Gasteiger partial charge in [0.1, 0.15) is 11.6 Å². The number of aromatic nitrogens is 2. The van der Waals surface area contributed by atoms with Crippen LogP contribution in [0.25, 0.3) is 11.0 Å². The van der Waals surface area contributed by atoms with E-state index in [0.29, 0.717) is 12.5 Å². The van der Waals surface area contributed by atoms with E-state index < -0.39 is 0 Å². The van der Waals surface area contributed by atoms with E-state index in [0.717, 1.165) is 23.3 Å². The number of halogens is 2. The molecular weight excluding hydrogens is 291 g/mol. The largest absolute Gasteiger partial charge is 0.378 e. The number of imidazole rings is 1. The van der Waals surface area contributed by atoms with Gasteiger partial charge in [-0.15, -0.1) is 11.6 Å². The zero-order valence-corrected chi connectivity index (χ0v) is 13.3. The van der Waals surface area contributed by atoms with Gasteiger partial charge in [-0.1, -0.05) is 13.8 Å². The molecule has 0 bridgehead atoms. The van der Waals surface area contributed by atoms with Gasteiger partial charge in [0.25, 0.3) is 0 Å². The monoisotopic (exact) mass is 310 g/mol. The van der Waals surface area contributed by atoms with Crippen molar-refractivity contribution in [2.75, 3.05) is 6.61 Å². The molecule has 1 fully saturated rings. The molecule has 5 heteroatoms. The van der Waals surface area contributed by atoms with Crippen LogP contribution < -0.4 is 0 Å². The van der Waals surface area contributed by atoms with Crippen molar-refractivity contribution >= 4 is 22.6 Å². The number of nitrogens with zero attached hydrogens (tertiary/aromatic N) is 2. The summed E-state index contributed by atoms with van der Waals surface area (Å²) >= 11 is 6.05. The van der Waals surface area contributed by atoms with Crippen molar-refractivity contribution in [3.8, 4) is 0 Å². The summed E-state index contributed by atoms with van der Waals surface area (Å²) in [5.41, 5.74) is 1.60. The maximum Gasteiger partial charge on any atom is 0.125 e. The molecule has 114 valence electrons. The Kier molecular flexibility index (Phi) is 3.70. The van der Waals surface area contributed by atoms with Crippen molar-refractivity contribution in [1.29, 1.82) is 0 Å². The van der Waals surface area contributed by atoms with Gasteiger partial charge in [0, 0.05) is 18.1 Å². The van der Waals surface area contributed by atoms with Crippen LogP contribution in [0.4, 0.5) is 4.39 Å². The second-order valence-corrected chi connectivity index (χ2v) is 6.45. The third-order valence-corrected chi connectivity index (χ3v) is 4.89. The summed E-state index contributed by atoms with van der Waals surface area (Å²) in [6.07, 6.45) is 1.13. The first-order valence-electron chi connectivity index (χ1n) is 7.33. The highest BCUT2D eigenvalue weighted by atomic mass is 35.5. The zero-order valence-electron chi connectivity index (χ0n) is 12.6. The Morgan fingerprint density at radius 3 is 2.86 bits per heavy atom. The fourth-order valence-electron chi connectivity index (χ4n) is 3.34. The molecule has 2 atom stereocenters. The molecule has 0 amide bonds. The first-order valence-corrected chi connectivity index (χ1v) is 7.86. The van der Waals surface area contributed by atoms with E-state index >= 15 is 0 Å². The number of rotatable bonds is 4. The van der Waals surface area contributed by atoms with Crippen LogP contribution in [0.5, 0.6) is 0 Å². The van der Waals surface area contributed by atoms with Crippen LogP contribution in [0.1, 0.15) is 39.1 Å². The highest BCUT2D eigenvalue weighted by Gasteiger charge is 2.50. The van der Waals surface area contributed by atoms with E-state index in [4.69, 9.17) is 16.3 Å². The van der Waals surface area contributed by atoms with Crippen LogP contribution in [-0.4, -0.2) is 22.3 Å². The fraction of sp³-hybridized carbons (Fsp3) is 0.562. The third kappa shape index (κ3) is 2.25. The van der Waals surface area contributed by atoms with Crippen LogP contribution in [0.15, 0.2) is 18.2 Å². The molecule has 2 unspecified atom stereocenters. The molecule has 0 aliphatic heterocycles. The van der Waals surface area contributed by atoms with E-state index in [1.54, 1.807) is 12.1 Å². The minimum absolute atomic E-state index is 0.0171. The Morgan fingerprint density at radius 1 is 1.48 bits per heavy atom. The molecule has 0 N–H and O–H groups in total. The topological polar surface area (TPSA) is 27.1 Å². The highest BCUT2D eigenvalue weighted by molar-refractivity contribution is 6.16. The van der Waals surface area contributed by atoms with E-state index in [2.05, 4.69) is 23.4 Å². The van der Waals surface area contributed by atoms with Crippen LogP contribution in [0.3, 0.4) is 0 Å². The van der Waals surface area contributed by atoms with Gasteiger partial charge in [-0.25, -0.2) is 9.37 Å². The molecule has 3 nitrogen and oxygen atoms in total. The predicted molar refractivity (Wildman–Crippen MR) is 82.1 cm³/mol. The van der Waals surface area contributed by atoms with Crippen LogP contribution in [0.2, 0.25) is 0 Å². The molecular formula is C16H20ClFN2O. The number of fused-ring (bicyclic) bond motifs is 1. The van der Waals surface area contributed by atoms with E-state index in [-0.39, 0.29) is 23.4 Å². The molecule has 0 radical (unpaired) electrons. The van der Waals surface area contributed by atoms with Gasteiger partial charge >= 0.3 is 0 Å². The number of alkyl halides is 1. The summed E-state index contributed by atoms with van der Waals surface area (Å²) in [6, 6.07) is 4.92. The summed E-state index contributed by atoms with van der Waals surface area (Å²) in [5, 5.41) is 0. The SMILES string of the molecule is CCOC1CC(n2c(CCl)nc3ccc(F)cc32)C1(C)C. The number of hydrogen-bond acceptors (Lipinski definition) is 2. The number of ether oxygens (including phenoxy) is 1. The summed E-state index contributed by atoms with van der Waals surface area (Å²) in [4.78, 5) is 4.54. The number of benzene rings is 1. The fourth-order valence-corrected chi connectivity index (χ4v) is 3.53. The minimum atomic E-state index is -0.247. The van der Waals surface area contributed by atoms with Crippen molar-refractivity contribution in [1.82, 2.24) is 9.55 Å². The number of hydrogen-bond donors (Lipinski definition) is 0. The molecule has 2 aromatic rings. The average molecular weight is 311 g/mol. The second-order valence-electron chi connectivity index (χ2n) is 6.18. The third-order valence-electron chi connectivity index (χ3n) is 4.65. The molecule has 3 rings (SSSR count). The zero-order chi connectivity index (χ0) is 15.2. The smallest absolute Gasteiger partial charge is 0.125 e. The first kappa shape index (κ1) is 14.8.